The van der Waals surface area contributed by atoms with E-state index in [9.17, 15) is 0 Å². The van der Waals surface area contributed by atoms with Crippen LogP contribution in [-0.4, -0.2) is 4.98 Å². The van der Waals surface area contributed by atoms with Crippen LogP contribution in [0.5, 0.6) is 0 Å². The van der Waals surface area contributed by atoms with E-state index in [1.165, 1.54) is 11.3 Å². The van der Waals surface area contributed by atoms with Crippen molar-refractivity contribution in [2.24, 2.45) is 0 Å². The van der Waals surface area contributed by atoms with Crippen LogP contribution in [0, 0.1) is 6.92 Å². The average Bonchev–Trinajstić information content (AvgIpc) is 1.87. The molecule has 1 aromatic heterocycles. The molecule has 0 saturated heterocycles. The molecule has 0 saturated carbocycles. The molecule has 0 spiro atoms. The Morgan fingerprint density at radius 1 is 1.86 bits per heavy atom. The molecule has 7 heavy (non-hydrogen) atoms. The Labute approximate surface area is 54.5 Å². The molecule has 0 bridgehead atoms. The number of nitrogens with zero attached hydrogens (tertiary/aromatic N) is 1. The van der Waals surface area contributed by atoms with Gasteiger partial charge in [0.15, 0.2) is 0 Å². The Kier molecular flexibility index (Phi) is 1.44. The minimum Gasteiger partial charge on any atom is -0.248 e. The third kappa shape index (κ3) is 1.24. The molecule has 0 N–H and O–H groups in total. The molecule has 3 heteroatoms. The molecule has 1 heterocycles. The van der Waals surface area contributed by atoms with E-state index < -0.39 is 0 Å². The van der Waals surface area contributed by atoms with Crippen LogP contribution in [0.25, 0.3) is 0 Å². The van der Waals surface area contributed by atoms with E-state index in [4.69, 9.17) is 6.92 Å². The van der Waals surface area contributed by atoms with Crippen molar-refractivity contribution in [1.29, 1.82) is 0 Å². The van der Waals surface area contributed by atoms with Crippen LogP contribution in [0.2, 0.25) is 0 Å². The summed E-state index contributed by atoms with van der Waals surface area (Å²) in [5, 5.41) is 0.604. The van der Waals surface area contributed by atoms with Crippen LogP contribution in [0.15, 0.2) is 9.98 Å². The molecule has 36 valence electrons. The van der Waals surface area contributed by atoms with Crippen LogP contribution in [0.1, 0.15) is 5.01 Å². The van der Waals surface area contributed by atoms with Crippen LogP contribution in [-0.2, 0) is 0 Å². The standard InChI is InChI=1S/C4H2BrNS/c1-3-6-2-4(5)7-3/h1-2H. The van der Waals surface area contributed by atoms with Crippen molar-refractivity contribution >= 4 is 27.3 Å². The highest BCUT2D eigenvalue weighted by Gasteiger charge is 1.88. The smallest absolute Gasteiger partial charge is 0.0982 e. The summed E-state index contributed by atoms with van der Waals surface area (Å²) in [6, 6.07) is 0. The average molecular weight is 176 g/mol. The highest BCUT2D eigenvalue weighted by molar-refractivity contribution is 9.11. The summed E-state index contributed by atoms with van der Waals surface area (Å²) in [6.45, 7) is 5.26. The molecular weight excluding hydrogens is 174 g/mol. The highest BCUT2D eigenvalue weighted by Crippen LogP contribution is 2.17. The molecule has 0 aromatic carbocycles. The summed E-state index contributed by atoms with van der Waals surface area (Å²) in [4.78, 5) is 3.77. The van der Waals surface area contributed by atoms with E-state index in [1.54, 1.807) is 6.20 Å². The number of halogens is 1. The third-order valence-corrected chi connectivity index (χ3v) is 1.80. The van der Waals surface area contributed by atoms with Crippen molar-refractivity contribution in [3.8, 4) is 0 Å². The zero-order valence-corrected chi connectivity index (χ0v) is 5.79. The monoisotopic (exact) mass is 175 g/mol. The van der Waals surface area contributed by atoms with Gasteiger partial charge >= 0.3 is 0 Å². The Bertz CT molecular complexity index is 144. The van der Waals surface area contributed by atoms with Crippen molar-refractivity contribution in [3.63, 3.8) is 0 Å². The van der Waals surface area contributed by atoms with Crippen LogP contribution in [0.3, 0.4) is 0 Å². The van der Waals surface area contributed by atoms with E-state index in [2.05, 4.69) is 20.9 Å². The first-order valence-corrected chi connectivity index (χ1v) is 3.27. The van der Waals surface area contributed by atoms with Gasteiger partial charge in [0.2, 0.25) is 0 Å². The Morgan fingerprint density at radius 3 is 2.71 bits per heavy atom. The molecule has 0 amide bonds. The lowest BCUT2D eigenvalue weighted by Gasteiger charge is -1.66. The zero-order valence-electron chi connectivity index (χ0n) is 3.39. The van der Waals surface area contributed by atoms with Crippen molar-refractivity contribution in [1.82, 2.24) is 4.98 Å². The fourth-order valence-corrected chi connectivity index (χ4v) is 1.28. The van der Waals surface area contributed by atoms with E-state index in [0.29, 0.717) is 5.01 Å². The van der Waals surface area contributed by atoms with Crippen LogP contribution >= 0.6 is 27.3 Å². The van der Waals surface area contributed by atoms with Gasteiger partial charge in [-0.15, -0.1) is 11.3 Å². The van der Waals surface area contributed by atoms with Gasteiger partial charge in [-0.25, -0.2) is 4.98 Å². The summed E-state index contributed by atoms with van der Waals surface area (Å²) in [6.07, 6.45) is 1.68. The molecular formula is C4H2BrNS. The van der Waals surface area contributed by atoms with Gasteiger partial charge in [-0.3, -0.25) is 0 Å². The first-order valence-electron chi connectivity index (χ1n) is 1.66. The van der Waals surface area contributed by atoms with Gasteiger partial charge in [0.05, 0.1) is 15.0 Å². The Hall–Kier alpha value is 0.110. The van der Waals surface area contributed by atoms with Gasteiger partial charge in [-0.1, -0.05) is 0 Å². The third-order valence-electron chi connectivity index (χ3n) is 0.495. The van der Waals surface area contributed by atoms with Crippen molar-refractivity contribution in [2.45, 2.75) is 0 Å². The SMILES string of the molecule is [CH]c1ncc(Br)s1. The normalized spacial score (nSPS) is 9.43. The Balaban J connectivity index is 3.04. The van der Waals surface area contributed by atoms with Crippen LogP contribution < -0.4 is 0 Å². The largest absolute Gasteiger partial charge is 0.248 e. The molecule has 2 radical (unpaired) electrons. The molecule has 0 aliphatic rings. The van der Waals surface area contributed by atoms with Gasteiger partial charge in [0, 0.05) is 6.92 Å². The summed E-state index contributed by atoms with van der Waals surface area (Å²) < 4.78 is 0.977. The quantitative estimate of drug-likeness (QED) is 0.588. The number of aromatic nitrogens is 1. The lowest BCUT2D eigenvalue weighted by molar-refractivity contribution is 1.36. The maximum Gasteiger partial charge on any atom is 0.0982 e. The fourth-order valence-electron chi connectivity index (χ4n) is 0.267. The second kappa shape index (κ2) is 1.92. The molecule has 0 unspecified atom stereocenters. The molecule has 1 aromatic rings. The van der Waals surface area contributed by atoms with Gasteiger partial charge in [0.25, 0.3) is 0 Å². The van der Waals surface area contributed by atoms with E-state index in [1.807, 2.05) is 0 Å². The Morgan fingerprint density at radius 2 is 2.57 bits per heavy atom. The minimum atomic E-state index is 0.604. The van der Waals surface area contributed by atoms with Crippen molar-refractivity contribution in [3.05, 3.63) is 21.9 Å². The van der Waals surface area contributed by atoms with E-state index >= 15 is 0 Å². The summed E-state index contributed by atoms with van der Waals surface area (Å²) in [5.74, 6) is 0. The highest BCUT2D eigenvalue weighted by atomic mass is 79.9. The summed E-state index contributed by atoms with van der Waals surface area (Å²) in [7, 11) is 0. The number of hydrogen-bond donors (Lipinski definition) is 0. The number of hydrogen-bond acceptors (Lipinski definition) is 2. The zero-order chi connectivity index (χ0) is 5.28. The van der Waals surface area contributed by atoms with Crippen molar-refractivity contribution in [2.75, 3.05) is 0 Å². The second-order valence-corrected chi connectivity index (χ2v) is 3.44. The molecule has 0 aliphatic carbocycles. The molecule has 0 atom stereocenters. The predicted molar refractivity (Wildman–Crippen MR) is 33.2 cm³/mol. The summed E-state index contributed by atoms with van der Waals surface area (Å²) >= 11 is 4.63. The lowest BCUT2D eigenvalue weighted by Crippen LogP contribution is -1.56. The summed E-state index contributed by atoms with van der Waals surface area (Å²) in [5.41, 5.74) is 0. The number of rotatable bonds is 0. The molecule has 1 nitrogen and oxygen atoms in total. The van der Waals surface area contributed by atoms with Gasteiger partial charge in [-0.2, -0.15) is 0 Å². The molecule has 0 aliphatic heterocycles. The van der Waals surface area contributed by atoms with Gasteiger partial charge < -0.3 is 0 Å². The second-order valence-electron chi connectivity index (χ2n) is 1.00. The molecule has 1 rings (SSSR count). The van der Waals surface area contributed by atoms with Gasteiger partial charge in [-0.05, 0) is 15.9 Å². The minimum absolute atomic E-state index is 0.604. The topological polar surface area (TPSA) is 12.9 Å². The van der Waals surface area contributed by atoms with E-state index in [-0.39, 0.29) is 0 Å². The van der Waals surface area contributed by atoms with Crippen LogP contribution in [0.4, 0.5) is 0 Å². The fraction of sp³-hybridized carbons (Fsp3) is 0. The van der Waals surface area contributed by atoms with Gasteiger partial charge in [0.1, 0.15) is 0 Å². The first kappa shape index (κ1) is 5.25. The first-order chi connectivity index (χ1) is 3.29. The maximum absolute atomic E-state index is 5.26. The maximum atomic E-state index is 5.26. The van der Waals surface area contributed by atoms with E-state index in [0.717, 1.165) is 3.79 Å². The van der Waals surface area contributed by atoms with Crippen molar-refractivity contribution < 1.29 is 0 Å². The number of thiazole rings is 1. The molecule has 0 fully saturated rings. The predicted octanol–water partition coefficient (Wildman–Crippen LogP) is 1.96. The lowest BCUT2D eigenvalue weighted by atomic mass is 10.8.